The number of hydrogen-bond donors (Lipinski definition) is 1. The summed E-state index contributed by atoms with van der Waals surface area (Å²) in [5, 5.41) is 6.58. The Morgan fingerprint density at radius 3 is 3.00 bits per heavy atom. The summed E-state index contributed by atoms with van der Waals surface area (Å²) in [5.41, 5.74) is 0. The molecule has 0 aliphatic rings. The molecule has 0 radical (unpaired) electrons. The molecular formula is C12H14ClN3O2S2. The van der Waals surface area contributed by atoms with E-state index in [0.29, 0.717) is 24.0 Å². The first kappa shape index (κ1) is 15.3. The highest BCUT2D eigenvalue weighted by Gasteiger charge is 2.15. The first-order valence-electron chi connectivity index (χ1n) is 5.97. The van der Waals surface area contributed by atoms with Crippen molar-refractivity contribution in [3.63, 3.8) is 0 Å². The van der Waals surface area contributed by atoms with E-state index in [4.69, 9.17) is 16.1 Å². The number of nitrogens with one attached hydrogen (secondary N) is 1. The quantitative estimate of drug-likeness (QED) is 0.880. The van der Waals surface area contributed by atoms with Crippen molar-refractivity contribution in [1.82, 2.24) is 15.5 Å². The zero-order valence-corrected chi connectivity index (χ0v) is 13.4. The van der Waals surface area contributed by atoms with Gasteiger partial charge in [0, 0.05) is 4.88 Å². The van der Waals surface area contributed by atoms with Crippen LogP contribution in [0.15, 0.2) is 16.7 Å². The monoisotopic (exact) mass is 331 g/mol. The third kappa shape index (κ3) is 4.50. The van der Waals surface area contributed by atoms with Gasteiger partial charge in [0.15, 0.2) is 5.82 Å². The summed E-state index contributed by atoms with van der Waals surface area (Å²) in [6, 6.07) is 3.73. The Bertz CT molecular complexity index is 585. The van der Waals surface area contributed by atoms with Crippen LogP contribution in [-0.2, 0) is 11.3 Å². The zero-order chi connectivity index (χ0) is 14.5. The SMILES string of the molecule is Cc1noc([C@H](C)SCC(=O)NCc2ccc(Cl)s2)n1. The Balaban J connectivity index is 1.72. The molecule has 8 heteroatoms. The van der Waals surface area contributed by atoms with Crippen molar-refractivity contribution in [1.29, 1.82) is 0 Å². The maximum absolute atomic E-state index is 11.7. The van der Waals surface area contributed by atoms with Gasteiger partial charge in [0.05, 0.1) is 21.9 Å². The molecule has 0 aromatic carbocycles. The minimum atomic E-state index is -0.0254. The fraction of sp³-hybridized carbons (Fsp3) is 0.417. The number of rotatable bonds is 6. The van der Waals surface area contributed by atoms with Crippen LogP contribution in [0.25, 0.3) is 0 Å². The Labute approximate surface area is 130 Å². The van der Waals surface area contributed by atoms with Gasteiger partial charge in [0.2, 0.25) is 11.8 Å². The van der Waals surface area contributed by atoms with Gasteiger partial charge in [-0.25, -0.2) is 0 Å². The van der Waals surface area contributed by atoms with Crippen LogP contribution in [0.1, 0.15) is 28.8 Å². The summed E-state index contributed by atoms with van der Waals surface area (Å²) in [5.74, 6) is 1.47. The van der Waals surface area contributed by atoms with E-state index in [2.05, 4.69) is 15.5 Å². The number of aromatic nitrogens is 2. The van der Waals surface area contributed by atoms with Gasteiger partial charge < -0.3 is 9.84 Å². The molecule has 2 rings (SSSR count). The predicted octanol–water partition coefficient (Wildman–Crippen LogP) is 3.20. The second-order valence-corrected chi connectivity index (χ2v) is 7.24. The van der Waals surface area contributed by atoms with Crippen molar-refractivity contribution in [3.8, 4) is 0 Å². The number of aryl methyl sites for hydroxylation is 1. The molecular weight excluding hydrogens is 318 g/mol. The van der Waals surface area contributed by atoms with Crippen LogP contribution in [0.5, 0.6) is 0 Å². The lowest BCUT2D eigenvalue weighted by atomic mass is 10.4. The molecule has 0 fully saturated rings. The molecule has 0 aliphatic heterocycles. The van der Waals surface area contributed by atoms with E-state index in [-0.39, 0.29) is 11.2 Å². The normalized spacial score (nSPS) is 12.3. The number of nitrogens with zero attached hydrogens (tertiary/aromatic N) is 2. The number of amides is 1. The minimum Gasteiger partial charge on any atom is -0.350 e. The van der Waals surface area contributed by atoms with Gasteiger partial charge in [-0.1, -0.05) is 16.8 Å². The summed E-state index contributed by atoms with van der Waals surface area (Å²) in [6.45, 7) is 4.21. The van der Waals surface area contributed by atoms with Gasteiger partial charge in [-0.3, -0.25) is 4.79 Å². The van der Waals surface area contributed by atoms with Gasteiger partial charge in [-0.15, -0.1) is 23.1 Å². The number of hydrogen-bond acceptors (Lipinski definition) is 6. The van der Waals surface area contributed by atoms with Gasteiger partial charge in [0.25, 0.3) is 0 Å². The Hall–Kier alpha value is -1.05. The number of carbonyl (C=O) groups excluding carboxylic acids is 1. The molecule has 0 spiro atoms. The smallest absolute Gasteiger partial charge is 0.239 e. The van der Waals surface area contributed by atoms with E-state index in [0.717, 1.165) is 9.21 Å². The van der Waals surface area contributed by atoms with Crippen molar-refractivity contribution in [2.24, 2.45) is 0 Å². The molecule has 1 amide bonds. The molecule has 0 saturated heterocycles. The van der Waals surface area contributed by atoms with Gasteiger partial charge >= 0.3 is 0 Å². The molecule has 0 saturated carbocycles. The predicted molar refractivity (Wildman–Crippen MR) is 81.1 cm³/mol. The van der Waals surface area contributed by atoms with E-state index in [1.807, 2.05) is 19.1 Å². The zero-order valence-electron chi connectivity index (χ0n) is 11.1. The van der Waals surface area contributed by atoms with Crippen molar-refractivity contribution in [3.05, 3.63) is 33.1 Å². The molecule has 5 nitrogen and oxygen atoms in total. The fourth-order valence-corrected chi connectivity index (χ4v) is 3.20. The topological polar surface area (TPSA) is 68.0 Å². The van der Waals surface area contributed by atoms with E-state index < -0.39 is 0 Å². The van der Waals surface area contributed by atoms with Gasteiger partial charge in [-0.05, 0) is 26.0 Å². The molecule has 0 unspecified atom stereocenters. The molecule has 108 valence electrons. The minimum absolute atomic E-state index is 0.00173. The lowest BCUT2D eigenvalue weighted by Gasteiger charge is -2.06. The summed E-state index contributed by atoms with van der Waals surface area (Å²) in [7, 11) is 0. The third-order valence-electron chi connectivity index (χ3n) is 2.44. The van der Waals surface area contributed by atoms with E-state index in [1.54, 1.807) is 6.92 Å². The van der Waals surface area contributed by atoms with Gasteiger partial charge in [0.1, 0.15) is 0 Å². The summed E-state index contributed by atoms with van der Waals surface area (Å²) >= 11 is 8.75. The van der Waals surface area contributed by atoms with E-state index in [9.17, 15) is 4.79 Å². The average Bonchev–Trinajstić information content (AvgIpc) is 3.02. The van der Waals surface area contributed by atoms with E-state index in [1.165, 1.54) is 23.1 Å². The second-order valence-electron chi connectivity index (χ2n) is 4.12. The maximum Gasteiger partial charge on any atom is 0.239 e. The number of carbonyl (C=O) groups is 1. The van der Waals surface area contributed by atoms with Crippen LogP contribution >= 0.6 is 34.7 Å². The first-order valence-corrected chi connectivity index (χ1v) is 8.21. The van der Waals surface area contributed by atoms with Crippen molar-refractivity contribution < 1.29 is 9.32 Å². The van der Waals surface area contributed by atoms with Crippen LogP contribution < -0.4 is 5.32 Å². The van der Waals surface area contributed by atoms with Crippen molar-refractivity contribution in [2.75, 3.05) is 5.75 Å². The lowest BCUT2D eigenvalue weighted by molar-refractivity contribution is -0.118. The van der Waals surface area contributed by atoms with Crippen LogP contribution in [0.4, 0.5) is 0 Å². The molecule has 2 aromatic heterocycles. The average molecular weight is 332 g/mol. The standard InChI is InChI=1S/C12H14ClN3O2S2/c1-7(12-15-8(2)16-18-12)19-6-11(17)14-5-9-3-4-10(13)20-9/h3-4,7H,5-6H2,1-2H3,(H,14,17)/t7-/m0/s1. The summed E-state index contributed by atoms with van der Waals surface area (Å²) in [4.78, 5) is 16.9. The maximum atomic E-state index is 11.7. The molecule has 0 bridgehead atoms. The Morgan fingerprint density at radius 1 is 1.60 bits per heavy atom. The van der Waals surface area contributed by atoms with Crippen LogP contribution in [0, 0.1) is 6.92 Å². The molecule has 20 heavy (non-hydrogen) atoms. The van der Waals surface area contributed by atoms with E-state index >= 15 is 0 Å². The number of halogens is 1. The first-order chi connectivity index (χ1) is 9.54. The molecule has 1 N–H and O–H groups in total. The number of thioether (sulfide) groups is 1. The van der Waals surface area contributed by atoms with Crippen LogP contribution in [-0.4, -0.2) is 21.8 Å². The molecule has 2 aromatic rings. The highest BCUT2D eigenvalue weighted by atomic mass is 35.5. The summed E-state index contributed by atoms with van der Waals surface area (Å²) < 4.78 is 5.79. The van der Waals surface area contributed by atoms with Crippen LogP contribution in [0.2, 0.25) is 4.34 Å². The lowest BCUT2D eigenvalue weighted by Crippen LogP contribution is -2.24. The highest BCUT2D eigenvalue weighted by molar-refractivity contribution is 8.00. The van der Waals surface area contributed by atoms with Crippen LogP contribution in [0.3, 0.4) is 0 Å². The fourth-order valence-electron chi connectivity index (χ4n) is 1.43. The third-order valence-corrected chi connectivity index (χ3v) is 4.81. The van der Waals surface area contributed by atoms with Gasteiger partial charge in [-0.2, -0.15) is 4.98 Å². The van der Waals surface area contributed by atoms with Crippen molar-refractivity contribution >= 4 is 40.6 Å². The Kier molecular flexibility index (Phi) is 5.45. The number of thiophene rings is 1. The Morgan fingerprint density at radius 2 is 2.40 bits per heavy atom. The second kappa shape index (κ2) is 7.10. The molecule has 1 atom stereocenters. The molecule has 2 heterocycles. The highest BCUT2D eigenvalue weighted by Crippen LogP contribution is 2.26. The largest absolute Gasteiger partial charge is 0.350 e. The van der Waals surface area contributed by atoms with Crippen molar-refractivity contribution in [2.45, 2.75) is 25.6 Å². The summed E-state index contributed by atoms with van der Waals surface area (Å²) in [6.07, 6.45) is 0. The molecule has 0 aliphatic carbocycles.